The van der Waals surface area contributed by atoms with E-state index in [0.29, 0.717) is 6.04 Å². The zero-order valence-electron chi connectivity index (χ0n) is 13.8. The van der Waals surface area contributed by atoms with Crippen LogP contribution in [0, 0.1) is 11.8 Å². The Morgan fingerprint density at radius 3 is 2.29 bits per heavy atom. The molecule has 0 aliphatic heterocycles. The third kappa shape index (κ3) is 4.63. The molecule has 1 aliphatic rings. The van der Waals surface area contributed by atoms with E-state index in [9.17, 15) is 0 Å². The van der Waals surface area contributed by atoms with Gasteiger partial charge in [0, 0.05) is 6.04 Å². The number of methoxy groups -OCH3 is 2. The van der Waals surface area contributed by atoms with E-state index in [1.165, 1.54) is 24.8 Å². The highest BCUT2D eigenvalue weighted by Crippen LogP contribution is 2.29. The second-order valence-corrected chi connectivity index (χ2v) is 6.51. The third-order valence-electron chi connectivity index (χ3n) is 4.47. The summed E-state index contributed by atoms with van der Waals surface area (Å²) in [5, 5.41) is 3.72. The van der Waals surface area contributed by atoms with Gasteiger partial charge >= 0.3 is 0 Å². The molecule has 2 unspecified atom stereocenters. The summed E-state index contributed by atoms with van der Waals surface area (Å²) in [6, 6.07) is 6.87. The number of rotatable bonds is 6. The maximum absolute atomic E-state index is 5.36. The lowest BCUT2D eigenvalue weighted by molar-refractivity contribution is 0.240. The highest BCUT2D eigenvalue weighted by atomic mass is 16.5. The van der Waals surface area contributed by atoms with Crippen molar-refractivity contribution in [2.24, 2.45) is 11.8 Å². The molecule has 0 radical (unpaired) electrons. The summed E-state index contributed by atoms with van der Waals surface area (Å²) in [6.45, 7) is 5.77. The van der Waals surface area contributed by atoms with Gasteiger partial charge in [0.1, 0.15) is 0 Å². The van der Waals surface area contributed by atoms with Crippen molar-refractivity contribution in [1.82, 2.24) is 5.32 Å². The number of nitrogens with one attached hydrogen (secondary N) is 1. The first-order chi connectivity index (χ1) is 10.1. The average molecular weight is 291 g/mol. The zero-order valence-corrected chi connectivity index (χ0v) is 13.8. The van der Waals surface area contributed by atoms with Gasteiger partial charge in [-0.25, -0.2) is 0 Å². The van der Waals surface area contributed by atoms with E-state index < -0.39 is 0 Å². The molecule has 0 bridgehead atoms. The fourth-order valence-electron chi connectivity index (χ4n) is 3.57. The summed E-state index contributed by atoms with van der Waals surface area (Å²) in [5.74, 6) is 3.32. The van der Waals surface area contributed by atoms with E-state index in [4.69, 9.17) is 9.47 Å². The van der Waals surface area contributed by atoms with Crippen molar-refractivity contribution < 1.29 is 9.47 Å². The minimum atomic E-state index is 0.684. The molecule has 0 heterocycles. The summed E-state index contributed by atoms with van der Waals surface area (Å²) in [6.07, 6.45) is 5.04. The van der Waals surface area contributed by atoms with E-state index in [-0.39, 0.29) is 0 Å². The lowest BCUT2D eigenvalue weighted by Crippen LogP contribution is -2.37. The van der Waals surface area contributed by atoms with Gasteiger partial charge in [0.05, 0.1) is 14.2 Å². The Morgan fingerprint density at radius 2 is 1.67 bits per heavy atom. The Morgan fingerprint density at radius 1 is 1.00 bits per heavy atom. The Balaban J connectivity index is 1.83. The van der Waals surface area contributed by atoms with Crippen molar-refractivity contribution >= 4 is 0 Å². The summed E-state index contributed by atoms with van der Waals surface area (Å²) < 4.78 is 10.6. The molecule has 21 heavy (non-hydrogen) atoms. The SMILES string of the molecule is COc1ccc(CCNC2CC(C)CC(C)C2)cc1OC. The third-order valence-corrected chi connectivity index (χ3v) is 4.47. The minimum absolute atomic E-state index is 0.684. The van der Waals surface area contributed by atoms with E-state index in [2.05, 4.69) is 31.3 Å². The van der Waals surface area contributed by atoms with Crippen LogP contribution in [0.3, 0.4) is 0 Å². The monoisotopic (exact) mass is 291 g/mol. The fourth-order valence-corrected chi connectivity index (χ4v) is 3.57. The number of ether oxygens (including phenoxy) is 2. The number of benzene rings is 1. The lowest BCUT2D eigenvalue weighted by Gasteiger charge is -2.32. The largest absolute Gasteiger partial charge is 0.493 e. The first kappa shape index (κ1) is 16.2. The van der Waals surface area contributed by atoms with E-state index in [0.717, 1.165) is 36.3 Å². The van der Waals surface area contributed by atoms with Gasteiger partial charge in [-0.1, -0.05) is 19.9 Å². The zero-order chi connectivity index (χ0) is 15.2. The van der Waals surface area contributed by atoms with Crippen molar-refractivity contribution in [2.45, 2.75) is 45.6 Å². The Bertz CT molecular complexity index is 437. The summed E-state index contributed by atoms with van der Waals surface area (Å²) >= 11 is 0. The standard InChI is InChI=1S/C18H29NO2/c1-13-9-14(2)11-16(10-13)19-8-7-15-5-6-17(20-3)18(12-15)21-4/h5-6,12-14,16,19H,7-11H2,1-4H3. The second-order valence-electron chi connectivity index (χ2n) is 6.51. The molecule has 0 amide bonds. The van der Waals surface area contributed by atoms with Gasteiger partial charge < -0.3 is 14.8 Å². The Labute approximate surface area is 129 Å². The minimum Gasteiger partial charge on any atom is -0.493 e. The van der Waals surface area contributed by atoms with Crippen LogP contribution in [0.4, 0.5) is 0 Å². The van der Waals surface area contributed by atoms with E-state index in [1.807, 2.05) is 6.07 Å². The normalized spacial score (nSPS) is 25.6. The molecule has 1 aromatic carbocycles. The van der Waals surface area contributed by atoms with Crippen LogP contribution in [0.1, 0.15) is 38.7 Å². The van der Waals surface area contributed by atoms with Crippen molar-refractivity contribution in [3.63, 3.8) is 0 Å². The van der Waals surface area contributed by atoms with E-state index >= 15 is 0 Å². The van der Waals surface area contributed by atoms with Gasteiger partial charge in [-0.15, -0.1) is 0 Å². The van der Waals surface area contributed by atoms with Crippen LogP contribution in [0.15, 0.2) is 18.2 Å². The highest BCUT2D eigenvalue weighted by Gasteiger charge is 2.23. The average Bonchev–Trinajstić information content (AvgIpc) is 2.46. The second kappa shape index (κ2) is 7.69. The van der Waals surface area contributed by atoms with Gasteiger partial charge in [0.15, 0.2) is 11.5 Å². The lowest BCUT2D eigenvalue weighted by atomic mass is 9.80. The first-order valence-electron chi connectivity index (χ1n) is 8.06. The predicted octanol–water partition coefficient (Wildman–Crippen LogP) is 3.66. The molecule has 0 saturated heterocycles. The van der Waals surface area contributed by atoms with Gasteiger partial charge in [-0.05, 0) is 61.8 Å². The Kier molecular flexibility index (Phi) is 5.92. The molecule has 3 nitrogen and oxygen atoms in total. The Hall–Kier alpha value is -1.22. The van der Waals surface area contributed by atoms with Crippen molar-refractivity contribution in [3.8, 4) is 11.5 Å². The number of hydrogen-bond donors (Lipinski definition) is 1. The molecular weight excluding hydrogens is 262 g/mol. The summed E-state index contributed by atoms with van der Waals surface area (Å²) in [4.78, 5) is 0. The van der Waals surface area contributed by atoms with Crippen LogP contribution in [0.2, 0.25) is 0 Å². The van der Waals surface area contributed by atoms with Gasteiger partial charge in [-0.3, -0.25) is 0 Å². The van der Waals surface area contributed by atoms with Crippen LogP contribution < -0.4 is 14.8 Å². The highest BCUT2D eigenvalue weighted by molar-refractivity contribution is 5.42. The molecule has 1 saturated carbocycles. The van der Waals surface area contributed by atoms with E-state index in [1.54, 1.807) is 14.2 Å². The van der Waals surface area contributed by atoms with Crippen LogP contribution in [-0.2, 0) is 6.42 Å². The van der Waals surface area contributed by atoms with Crippen molar-refractivity contribution in [1.29, 1.82) is 0 Å². The van der Waals surface area contributed by atoms with Gasteiger partial charge in [0.25, 0.3) is 0 Å². The molecule has 0 aromatic heterocycles. The molecule has 1 fully saturated rings. The van der Waals surface area contributed by atoms with Crippen molar-refractivity contribution in [2.75, 3.05) is 20.8 Å². The van der Waals surface area contributed by atoms with Crippen LogP contribution in [0.5, 0.6) is 11.5 Å². The predicted molar refractivity (Wildman–Crippen MR) is 87.2 cm³/mol. The maximum Gasteiger partial charge on any atom is 0.160 e. The summed E-state index contributed by atoms with van der Waals surface area (Å²) in [7, 11) is 3.36. The molecule has 1 aliphatic carbocycles. The summed E-state index contributed by atoms with van der Waals surface area (Å²) in [5.41, 5.74) is 1.29. The number of hydrogen-bond acceptors (Lipinski definition) is 3. The van der Waals surface area contributed by atoms with Crippen LogP contribution in [-0.4, -0.2) is 26.8 Å². The molecule has 1 N–H and O–H groups in total. The van der Waals surface area contributed by atoms with Gasteiger partial charge in [0.2, 0.25) is 0 Å². The molecule has 118 valence electrons. The molecule has 2 rings (SSSR count). The quantitative estimate of drug-likeness (QED) is 0.867. The molecular formula is C18H29NO2. The molecule has 3 heteroatoms. The fraction of sp³-hybridized carbons (Fsp3) is 0.667. The van der Waals surface area contributed by atoms with Crippen LogP contribution >= 0.6 is 0 Å². The molecule has 0 spiro atoms. The topological polar surface area (TPSA) is 30.5 Å². The maximum atomic E-state index is 5.36. The smallest absolute Gasteiger partial charge is 0.160 e. The first-order valence-corrected chi connectivity index (χ1v) is 8.06. The van der Waals surface area contributed by atoms with Crippen molar-refractivity contribution in [3.05, 3.63) is 23.8 Å². The van der Waals surface area contributed by atoms with Crippen LogP contribution in [0.25, 0.3) is 0 Å². The molecule has 2 atom stereocenters. The van der Waals surface area contributed by atoms with Gasteiger partial charge in [-0.2, -0.15) is 0 Å². The molecule has 1 aromatic rings.